The van der Waals surface area contributed by atoms with Gasteiger partial charge in [0.15, 0.2) is 5.76 Å². The van der Waals surface area contributed by atoms with Gasteiger partial charge in [-0.05, 0) is 19.4 Å². The van der Waals surface area contributed by atoms with Gasteiger partial charge in [-0.25, -0.2) is 4.79 Å². The smallest absolute Gasteiger partial charge is 0.407 e. The Morgan fingerprint density at radius 2 is 1.52 bits per heavy atom. The van der Waals surface area contributed by atoms with Gasteiger partial charge in [-0.2, -0.15) is 0 Å². The van der Waals surface area contributed by atoms with Crippen LogP contribution in [-0.4, -0.2) is 4.57 Å². The molecule has 3 aromatic rings. The molecule has 0 saturated heterocycles. The molecule has 3 rings (SSSR count). The van der Waals surface area contributed by atoms with Gasteiger partial charge in [0, 0.05) is 5.56 Å². The van der Waals surface area contributed by atoms with Crippen LogP contribution in [0.3, 0.4) is 0 Å². The normalized spacial score (nSPS) is 12.3. The number of nitrogens with zero attached hydrogens (tertiary/aromatic N) is 1. The summed E-state index contributed by atoms with van der Waals surface area (Å²) in [4.78, 5) is 12.2. The second-order valence-corrected chi connectivity index (χ2v) is 5.11. The first kappa shape index (κ1) is 13.4. The molecule has 1 aromatic heterocycles. The van der Waals surface area contributed by atoms with Crippen LogP contribution in [-0.2, 0) is 0 Å². The molecule has 3 heteroatoms. The highest BCUT2D eigenvalue weighted by Crippen LogP contribution is 2.26. The first-order chi connectivity index (χ1) is 10.2. The minimum absolute atomic E-state index is 0.0556. The van der Waals surface area contributed by atoms with Crippen molar-refractivity contribution in [2.75, 3.05) is 0 Å². The van der Waals surface area contributed by atoms with Gasteiger partial charge in [0.05, 0.1) is 11.7 Å². The Labute approximate surface area is 123 Å². The lowest BCUT2D eigenvalue weighted by atomic mass is 10.1. The van der Waals surface area contributed by atoms with E-state index in [1.807, 2.05) is 74.5 Å². The lowest BCUT2D eigenvalue weighted by Gasteiger charge is -2.13. The molecule has 0 amide bonds. The van der Waals surface area contributed by atoms with E-state index in [2.05, 4.69) is 0 Å². The highest BCUT2D eigenvalue weighted by Gasteiger charge is 2.19. The van der Waals surface area contributed by atoms with Crippen LogP contribution < -0.4 is 5.76 Å². The lowest BCUT2D eigenvalue weighted by molar-refractivity contribution is 0.472. The topological polar surface area (TPSA) is 35.1 Å². The zero-order valence-electron chi connectivity index (χ0n) is 12.1. The molecule has 1 atom stereocenters. The van der Waals surface area contributed by atoms with Crippen molar-refractivity contribution in [1.82, 2.24) is 4.57 Å². The van der Waals surface area contributed by atoms with E-state index in [0.29, 0.717) is 5.76 Å². The predicted octanol–water partition coefficient (Wildman–Crippen LogP) is 4.03. The van der Waals surface area contributed by atoms with Crippen LogP contribution in [0.15, 0.2) is 69.9 Å². The van der Waals surface area contributed by atoms with Gasteiger partial charge in [-0.15, -0.1) is 0 Å². The van der Waals surface area contributed by atoms with Crippen molar-refractivity contribution >= 4 is 0 Å². The van der Waals surface area contributed by atoms with E-state index in [-0.39, 0.29) is 11.8 Å². The average Bonchev–Trinajstić information content (AvgIpc) is 2.83. The van der Waals surface area contributed by atoms with Crippen LogP contribution in [0.5, 0.6) is 0 Å². The van der Waals surface area contributed by atoms with Crippen molar-refractivity contribution in [3.63, 3.8) is 0 Å². The quantitative estimate of drug-likeness (QED) is 0.725. The summed E-state index contributed by atoms with van der Waals surface area (Å²) in [5.74, 6) is 0.325. The molecule has 1 unspecified atom stereocenters. The Morgan fingerprint density at radius 3 is 2.14 bits per heavy atom. The molecule has 0 spiro atoms. The molecule has 2 aromatic carbocycles. The molecule has 1 heterocycles. The summed E-state index contributed by atoms with van der Waals surface area (Å²) in [5, 5.41) is 0. The molecule has 21 heavy (non-hydrogen) atoms. The van der Waals surface area contributed by atoms with Crippen LogP contribution in [0.25, 0.3) is 11.3 Å². The fourth-order valence-electron chi connectivity index (χ4n) is 2.64. The predicted molar refractivity (Wildman–Crippen MR) is 83.4 cm³/mol. The van der Waals surface area contributed by atoms with E-state index in [1.54, 1.807) is 4.57 Å². The number of hydrogen-bond acceptors (Lipinski definition) is 2. The van der Waals surface area contributed by atoms with Crippen LogP contribution >= 0.6 is 0 Å². The Morgan fingerprint density at radius 1 is 0.952 bits per heavy atom. The zero-order chi connectivity index (χ0) is 14.8. The van der Waals surface area contributed by atoms with Gasteiger partial charge in [-0.1, -0.05) is 60.7 Å². The van der Waals surface area contributed by atoms with Crippen molar-refractivity contribution < 1.29 is 4.42 Å². The summed E-state index contributed by atoms with van der Waals surface area (Å²) in [5.41, 5.74) is 2.86. The first-order valence-electron chi connectivity index (χ1n) is 7.01. The van der Waals surface area contributed by atoms with Gasteiger partial charge in [0.1, 0.15) is 0 Å². The van der Waals surface area contributed by atoms with Crippen molar-refractivity contribution in [3.05, 3.63) is 82.5 Å². The third-order valence-electron chi connectivity index (χ3n) is 3.78. The van der Waals surface area contributed by atoms with Crippen LogP contribution in [0.4, 0.5) is 0 Å². The number of oxazole rings is 1. The van der Waals surface area contributed by atoms with Crippen molar-refractivity contribution in [2.45, 2.75) is 19.9 Å². The summed E-state index contributed by atoms with van der Waals surface area (Å²) >= 11 is 0. The molecule has 0 aliphatic heterocycles. The van der Waals surface area contributed by atoms with Crippen LogP contribution in [0.1, 0.15) is 24.2 Å². The van der Waals surface area contributed by atoms with E-state index in [1.165, 1.54) is 0 Å². The molecule has 0 aliphatic rings. The molecule has 106 valence electrons. The second kappa shape index (κ2) is 5.44. The minimum Gasteiger partial charge on any atom is -0.407 e. The van der Waals surface area contributed by atoms with E-state index in [0.717, 1.165) is 16.8 Å². The number of benzene rings is 2. The van der Waals surface area contributed by atoms with Gasteiger partial charge in [-0.3, -0.25) is 4.57 Å². The molecule has 3 nitrogen and oxygen atoms in total. The van der Waals surface area contributed by atoms with E-state index in [9.17, 15) is 4.79 Å². The van der Waals surface area contributed by atoms with Crippen molar-refractivity contribution in [1.29, 1.82) is 0 Å². The van der Waals surface area contributed by atoms with Crippen LogP contribution in [0.2, 0.25) is 0 Å². The monoisotopic (exact) mass is 279 g/mol. The molecule has 0 bridgehead atoms. The second-order valence-electron chi connectivity index (χ2n) is 5.11. The number of aromatic nitrogens is 1. The largest absolute Gasteiger partial charge is 0.420 e. The van der Waals surface area contributed by atoms with Crippen molar-refractivity contribution in [3.8, 4) is 11.3 Å². The summed E-state index contributed by atoms with van der Waals surface area (Å²) in [6.07, 6.45) is 0. The van der Waals surface area contributed by atoms with Crippen molar-refractivity contribution in [2.24, 2.45) is 0 Å². The number of rotatable bonds is 3. The van der Waals surface area contributed by atoms with Gasteiger partial charge in [0.25, 0.3) is 0 Å². The highest BCUT2D eigenvalue weighted by molar-refractivity contribution is 5.59. The summed E-state index contributed by atoms with van der Waals surface area (Å²) in [6, 6.07) is 19.6. The maximum Gasteiger partial charge on any atom is 0.420 e. The molecule has 0 N–H and O–H groups in total. The fraction of sp³-hybridized carbons (Fsp3) is 0.167. The molecule has 0 aliphatic carbocycles. The minimum atomic E-state index is -0.317. The maximum atomic E-state index is 12.2. The molecule has 0 radical (unpaired) electrons. The molecule has 0 saturated carbocycles. The Hall–Kier alpha value is -2.55. The third kappa shape index (κ3) is 2.42. The molecular weight excluding hydrogens is 262 g/mol. The third-order valence-corrected chi connectivity index (χ3v) is 3.78. The van der Waals surface area contributed by atoms with Crippen LogP contribution in [0, 0.1) is 6.92 Å². The van der Waals surface area contributed by atoms with E-state index < -0.39 is 0 Å². The Kier molecular flexibility index (Phi) is 3.48. The zero-order valence-corrected chi connectivity index (χ0v) is 12.1. The van der Waals surface area contributed by atoms with Gasteiger partial charge < -0.3 is 4.42 Å². The molecular formula is C18H17NO2. The SMILES string of the molecule is Cc1c(-c2ccccc2)oc(=O)n1C(C)c1ccccc1. The summed E-state index contributed by atoms with van der Waals surface area (Å²) in [7, 11) is 0. The first-order valence-corrected chi connectivity index (χ1v) is 7.01. The summed E-state index contributed by atoms with van der Waals surface area (Å²) < 4.78 is 7.19. The maximum absolute atomic E-state index is 12.2. The Balaban J connectivity index is 2.09. The summed E-state index contributed by atoms with van der Waals surface area (Å²) in [6.45, 7) is 3.93. The standard InChI is InChI=1S/C18H17NO2/c1-13(15-9-5-3-6-10-15)19-14(2)17(21-18(19)20)16-11-7-4-8-12-16/h3-13H,1-2H3. The van der Waals surface area contributed by atoms with Gasteiger partial charge >= 0.3 is 5.76 Å². The van der Waals surface area contributed by atoms with E-state index >= 15 is 0 Å². The van der Waals surface area contributed by atoms with Gasteiger partial charge in [0.2, 0.25) is 0 Å². The lowest BCUT2D eigenvalue weighted by Crippen LogP contribution is -2.20. The Bertz CT molecular complexity index is 785. The fourth-order valence-corrected chi connectivity index (χ4v) is 2.64. The number of hydrogen-bond donors (Lipinski definition) is 0. The highest BCUT2D eigenvalue weighted by atomic mass is 16.4. The van der Waals surface area contributed by atoms with E-state index in [4.69, 9.17) is 4.42 Å². The average molecular weight is 279 g/mol. The molecule has 0 fully saturated rings.